The van der Waals surface area contributed by atoms with Crippen molar-refractivity contribution in [3.8, 4) is 0 Å². The highest BCUT2D eigenvalue weighted by molar-refractivity contribution is 9.10. The maximum Gasteiger partial charge on any atom is 0.0494 e. The third kappa shape index (κ3) is 3.15. The number of para-hydroxylation sites is 1. The van der Waals surface area contributed by atoms with Crippen LogP contribution in [0.4, 0.5) is 5.69 Å². The summed E-state index contributed by atoms with van der Waals surface area (Å²) < 4.78 is 1.17. The molecule has 0 aliphatic carbocycles. The van der Waals surface area contributed by atoms with Gasteiger partial charge in [0.15, 0.2) is 0 Å². The molecule has 1 aromatic carbocycles. The molecule has 0 spiro atoms. The average Bonchev–Trinajstić information content (AvgIpc) is 2.81. The van der Waals surface area contributed by atoms with Crippen LogP contribution in [0.3, 0.4) is 0 Å². The number of hydrogen-bond donors (Lipinski definition) is 1. The first-order valence-electron chi connectivity index (χ1n) is 6.32. The Morgan fingerprint density at radius 3 is 2.33 bits per heavy atom. The lowest BCUT2D eigenvalue weighted by Crippen LogP contribution is -2.04. The molecule has 1 aromatic heterocycles. The van der Waals surface area contributed by atoms with Crippen LogP contribution in [0.15, 0.2) is 34.1 Å². The first-order valence-corrected chi connectivity index (χ1v) is 7.99. The number of thiophene rings is 1. The molecule has 96 valence electrons. The van der Waals surface area contributed by atoms with Gasteiger partial charge in [0.1, 0.15) is 0 Å². The lowest BCUT2D eigenvalue weighted by atomic mass is 10.0. The molecule has 3 heteroatoms. The lowest BCUT2D eigenvalue weighted by molar-refractivity contribution is 1.06. The molecule has 0 aliphatic rings. The highest BCUT2D eigenvalue weighted by Crippen LogP contribution is 2.25. The zero-order valence-electron chi connectivity index (χ0n) is 10.8. The average molecular weight is 324 g/mol. The van der Waals surface area contributed by atoms with Gasteiger partial charge in [-0.15, -0.1) is 11.3 Å². The quantitative estimate of drug-likeness (QED) is 0.792. The molecule has 1 heterocycles. The van der Waals surface area contributed by atoms with E-state index in [1.54, 1.807) is 11.3 Å². The highest BCUT2D eigenvalue weighted by Gasteiger charge is 2.06. The molecular weight excluding hydrogens is 306 g/mol. The molecular formula is C15H18BrNS. The van der Waals surface area contributed by atoms with Crippen LogP contribution in [0.5, 0.6) is 0 Å². The van der Waals surface area contributed by atoms with Crippen molar-refractivity contribution < 1.29 is 0 Å². The van der Waals surface area contributed by atoms with Crippen LogP contribution < -0.4 is 5.32 Å². The number of rotatable bonds is 5. The molecule has 18 heavy (non-hydrogen) atoms. The van der Waals surface area contributed by atoms with Gasteiger partial charge in [-0.05, 0) is 46.0 Å². The van der Waals surface area contributed by atoms with Crippen LogP contribution in [-0.2, 0) is 19.4 Å². The first-order chi connectivity index (χ1) is 8.74. The molecule has 0 radical (unpaired) electrons. The van der Waals surface area contributed by atoms with Crippen LogP contribution in [0, 0.1) is 0 Å². The topological polar surface area (TPSA) is 12.0 Å². The van der Waals surface area contributed by atoms with Gasteiger partial charge in [0.25, 0.3) is 0 Å². The fourth-order valence-electron chi connectivity index (χ4n) is 2.09. The van der Waals surface area contributed by atoms with Crippen molar-refractivity contribution in [2.45, 2.75) is 33.2 Å². The third-order valence-electron chi connectivity index (χ3n) is 3.06. The van der Waals surface area contributed by atoms with E-state index in [2.05, 4.69) is 64.7 Å². The summed E-state index contributed by atoms with van der Waals surface area (Å²) in [6, 6.07) is 8.76. The second-order valence-electron chi connectivity index (χ2n) is 4.24. The summed E-state index contributed by atoms with van der Waals surface area (Å²) in [6.45, 7) is 5.32. The van der Waals surface area contributed by atoms with Crippen molar-refractivity contribution in [2.24, 2.45) is 0 Å². The summed E-state index contributed by atoms with van der Waals surface area (Å²) in [6.07, 6.45) is 2.15. The predicted octanol–water partition coefficient (Wildman–Crippen LogP) is 5.25. The van der Waals surface area contributed by atoms with Gasteiger partial charge in [-0.25, -0.2) is 0 Å². The zero-order chi connectivity index (χ0) is 13.0. The maximum absolute atomic E-state index is 3.60. The Labute approximate surface area is 121 Å². The van der Waals surface area contributed by atoms with Crippen molar-refractivity contribution in [3.63, 3.8) is 0 Å². The monoisotopic (exact) mass is 323 g/mol. The fraction of sp³-hybridized carbons (Fsp3) is 0.333. The van der Waals surface area contributed by atoms with Crippen LogP contribution in [0.25, 0.3) is 0 Å². The molecule has 0 saturated heterocycles. The van der Waals surface area contributed by atoms with E-state index in [9.17, 15) is 0 Å². The molecule has 1 N–H and O–H groups in total. The van der Waals surface area contributed by atoms with E-state index in [1.165, 1.54) is 26.2 Å². The van der Waals surface area contributed by atoms with E-state index in [4.69, 9.17) is 0 Å². The van der Waals surface area contributed by atoms with Gasteiger partial charge in [0, 0.05) is 27.0 Å². The van der Waals surface area contributed by atoms with Crippen LogP contribution in [0.2, 0.25) is 0 Å². The number of halogens is 1. The minimum atomic E-state index is 0.903. The maximum atomic E-state index is 3.60. The van der Waals surface area contributed by atoms with E-state index >= 15 is 0 Å². The number of aryl methyl sites for hydroxylation is 2. The molecule has 0 bridgehead atoms. The summed E-state index contributed by atoms with van der Waals surface area (Å²) in [5.41, 5.74) is 4.14. The number of benzene rings is 1. The van der Waals surface area contributed by atoms with Crippen molar-refractivity contribution in [3.05, 3.63) is 50.1 Å². The van der Waals surface area contributed by atoms with Gasteiger partial charge in [0.05, 0.1) is 0 Å². The smallest absolute Gasteiger partial charge is 0.0494 e. The summed E-state index contributed by atoms with van der Waals surface area (Å²) in [5, 5.41) is 5.73. The van der Waals surface area contributed by atoms with Crippen molar-refractivity contribution >= 4 is 33.0 Å². The van der Waals surface area contributed by atoms with Gasteiger partial charge >= 0.3 is 0 Å². The van der Waals surface area contributed by atoms with E-state index in [-0.39, 0.29) is 0 Å². The Morgan fingerprint density at radius 1 is 1.17 bits per heavy atom. The van der Waals surface area contributed by atoms with Crippen LogP contribution in [-0.4, -0.2) is 0 Å². The standard InChI is InChI=1S/C15H18BrNS/c1-3-11-6-5-7-12(4-2)15(11)17-9-14-8-13(16)10-18-14/h5-8,10,17H,3-4,9H2,1-2H3. The Balaban J connectivity index is 2.17. The van der Waals surface area contributed by atoms with Crippen LogP contribution in [0.1, 0.15) is 29.9 Å². The summed E-state index contributed by atoms with van der Waals surface area (Å²) >= 11 is 5.28. The molecule has 2 rings (SSSR count). The number of hydrogen-bond acceptors (Lipinski definition) is 2. The Bertz CT molecular complexity index is 497. The normalized spacial score (nSPS) is 10.6. The van der Waals surface area contributed by atoms with Gasteiger partial charge < -0.3 is 5.32 Å². The molecule has 1 nitrogen and oxygen atoms in total. The SMILES string of the molecule is CCc1cccc(CC)c1NCc1cc(Br)cs1. The number of nitrogens with one attached hydrogen (secondary N) is 1. The van der Waals surface area contributed by atoms with E-state index in [0.717, 1.165) is 19.4 Å². The largest absolute Gasteiger partial charge is 0.380 e. The Kier molecular flexibility index (Phi) is 4.84. The minimum Gasteiger partial charge on any atom is -0.380 e. The first kappa shape index (κ1) is 13.6. The fourth-order valence-corrected chi connectivity index (χ4v) is 3.48. The van der Waals surface area contributed by atoms with Crippen LogP contribution >= 0.6 is 27.3 Å². The Hall–Kier alpha value is -0.800. The summed E-state index contributed by atoms with van der Waals surface area (Å²) in [5.74, 6) is 0. The molecule has 0 saturated carbocycles. The highest BCUT2D eigenvalue weighted by atomic mass is 79.9. The van der Waals surface area contributed by atoms with E-state index in [0.29, 0.717) is 0 Å². The van der Waals surface area contributed by atoms with Gasteiger partial charge in [-0.3, -0.25) is 0 Å². The summed E-state index contributed by atoms with van der Waals surface area (Å²) in [4.78, 5) is 1.36. The van der Waals surface area contributed by atoms with Gasteiger partial charge in [0.2, 0.25) is 0 Å². The lowest BCUT2D eigenvalue weighted by Gasteiger charge is -2.14. The summed E-state index contributed by atoms with van der Waals surface area (Å²) in [7, 11) is 0. The molecule has 2 aromatic rings. The molecule has 0 unspecified atom stereocenters. The second kappa shape index (κ2) is 6.39. The van der Waals surface area contributed by atoms with Gasteiger partial charge in [-0.1, -0.05) is 32.0 Å². The third-order valence-corrected chi connectivity index (χ3v) is 4.76. The van der Waals surface area contributed by atoms with Crippen molar-refractivity contribution in [1.29, 1.82) is 0 Å². The number of anilines is 1. The predicted molar refractivity (Wildman–Crippen MR) is 84.5 cm³/mol. The van der Waals surface area contributed by atoms with Gasteiger partial charge in [-0.2, -0.15) is 0 Å². The van der Waals surface area contributed by atoms with Crippen molar-refractivity contribution in [2.75, 3.05) is 5.32 Å². The Morgan fingerprint density at radius 2 is 1.83 bits per heavy atom. The van der Waals surface area contributed by atoms with E-state index < -0.39 is 0 Å². The van der Waals surface area contributed by atoms with Crippen molar-refractivity contribution in [1.82, 2.24) is 0 Å². The molecule has 0 amide bonds. The van der Waals surface area contributed by atoms with E-state index in [1.807, 2.05) is 0 Å². The minimum absolute atomic E-state index is 0.903. The second-order valence-corrected chi connectivity index (χ2v) is 6.15. The molecule has 0 aliphatic heterocycles. The molecule has 0 fully saturated rings. The zero-order valence-corrected chi connectivity index (χ0v) is 13.2. The molecule has 0 atom stereocenters.